The van der Waals surface area contributed by atoms with Crippen molar-refractivity contribution in [3.63, 3.8) is 0 Å². The SMILES string of the molecule is CC(=O)Nc1cccc(Nc2ncc3cc(-c4ccccc4C)c(C(=O)NC[C@H]4CCCN4)nc3n2)c1. The maximum atomic E-state index is 13.4. The molecule has 5 rings (SSSR count). The summed E-state index contributed by atoms with van der Waals surface area (Å²) in [4.78, 5) is 38.5. The molecule has 0 spiro atoms. The highest BCUT2D eigenvalue weighted by molar-refractivity contribution is 6.02. The van der Waals surface area contributed by atoms with Crippen LogP contribution in [-0.4, -0.2) is 45.9 Å². The van der Waals surface area contributed by atoms with Crippen molar-refractivity contribution >= 4 is 40.2 Å². The summed E-state index contributed by atoms with van der Waals surface area (Å²) < 4.78 is 0. The van der Waals surface area contributed by atoms with E-state index in [1.165, 1.54) is 6.92 Å². The number of benzene rings is 2. The van der Waals surface area contributed by atoms with Crippen molar-refractivity contribution in [3.8, 4) is 11.1 Å². The molecule has 0 aliphatic carbocycles. The number of pyridine rings is 1. The summed E-state index contributed by atoms with van der Waals surface area (Å²) in [7, 11) is 0. The van der Waals surface area contributed by atoms with E-state index in [0.717, 1.165) is 41.5 Å². The largest absolute Gasteiger partial charge is 0.349 e. The van der Waals surface area contributed by atoms with Crippen molar-refractivity contribution in [2.45, 2.75) is 32.7 Å². The minimum atomic E-state index is -0.231. The lowest BCUT2D eigenvalue weighted by molar-refractivity contribution is -0.114. The first-order valence-electron chi connectivity index (χ1n) is 12.4. The molecule has 4 N–H and O–H groups in total. The van der Waals surface area contributed by atoms with Gasteiger partial charge in [-0.1, -0.05) is 30.3 Å². The van der Waals surface area contributed by atoms with E-state index in [4.69, 9.17) is 4.98 Å². The van der Waals surface area contributed by atoms with Crippen LogP contribution in [0, 0.1) is 6.92 Å². The standard InChI is InChI=1S/C28H29N7O2/c1-17-7-3-4-11-23(17)24-13-19-15-31-28(33-21-9-5-8-20(14-21)32-18(2)36)35-26(19)34-25(24)27(37)30-16-22-10-6-12-29-22/h3-5,7-9,11,13-15,22,29H,6,10,12,16H2,1-2H3,(H,30,37)(H,32,36)(H,31,33,34,35)/t22-/m1/s1. The summed E-state index contributed by atoms with van der Waals surface area (Å²) in [6.07, 6.45) is 3.85. The Morgan fingerprint density at radius 3 is 2.65 bits per heavy atom. The predicted molar refractivity (Wildman–Crippen MR) is 145 cm³/mol. The third kappa shape index (κ3) is 5.73. The molecule has 1 atom stereocenters. The Kier molecular flexibility index (Phi) is 7.04. The van der Waals surface area contributed by atoms with Crippen molar-refractivity contribution < 1.29 is 9.59 Å². The minimum Gasteiger partial charge on any atom is -0.349 e. The van der Waals surface area contributed by atoms with Crippen LogP contribution in [0.1, 0.15) is 35.8 Å². The second kappa shape index (κ2) is 10.7. The summed E-state index contributed by atoms with van der Waals surface area (Å²) in [5.74, 6) is -0.0441. The van der Waals surface area contributed by atoms with Crippen LogP contribution in [-0.2, 0) is 4.79 Å². The van der Waals surface area contributed by atoms with Crippen LogP contribution in [0.3, 0.4) is 0 Å². The Labute approximate surface area is 215 Å². The van der Waals surface area contributed by atoms with Gasteiger partial charge in [-0.05, 0) is 61.7 Å². The number of nitrogens with one attached hydrogen (secondary N) is 4. The summed E-state index contributed by atoms with van der Waals surface area (Å²) >= 11 is 0. The fourth-order valence-electron chi connectivity index (χ4n) is 4.51. The van der Waals surface area contributed by atoms with Gasteiger partial charge in [0.25, 0.3) is 5.91 Å². The average molecular weight is 496 g/mol. The van der Waals surface area contributed by atoms with Gasteiger partial charge in [0, 0.05) is 48.0 Å². The molecule has 188 valence electrons. The molecule has 0 unspecified atom stereocenters. The first-order chi connectivity index (χ1) is 18.0. The van der Waals surface area contributed by atoms with Crippen LogP contribution in [0.15, 0.2) is 60.8 Å². The van der Waals surface area contributed by atoms with Crippen LogP contribution < -0.4 is 21.3 Å². The molecule has 0 saturated carbocycles. The Balaban J connectivity index is 1.49. The molecule has 0 radical (unpaired) electrons. The maximum absolute atomic E-state index is 13.4. The normalized spacial score (nSPS) is 14.9. The number of rotatable bonds is 7. The van der Waals surface area contributed by atoms with Crippen molar-refractivity contribution in [2.24, 2.45) is 0 Å². The van der Waals surface area contributed by atoms with Crippen LogP contribution in [0.25, 0.3) is 22.2 Å². The second-order valence-corrected chi connectivity index (χ2v) is 9.20. The molecule has 1 aliphatic rings. The third-order valence-corrected chi connectivity index (χ3v) is 6.33. The highest BCUT2D eigenvalue weighted by Gasteiger charge is 2.21. The van der Waals surface area contributed by atoms with Crippen LogP contribution in [0.4, 0.5) is 17.3 Å². The number of anilines is 3. The highest BCUT2D eigenvalue weighted by Crippen LogP contribution is 2.29. The van der Waals surface area contributed by atoms with Gasteiger partial charge in [-0.25, -0.2) is 9.97 Å². The van der Waals surface area contributed by atoms with E-state index in [1.807, 2.05) is 49.4 Å². The van der Waals surface area contributed by atoms with Gasteiger partial charge in [0.1, 0.15) is 5.69 Å². The van der Waals surface area contributed by atoms with Crippen molar-refractivity contribution in [1.82, 2.24) is 25.6 Å². The Bertz CT molecular complexity index is 1460. The molecule has 1 aliphatic heterocycles. The number of hydrogen-bond donors (Lipinski definition) is 4. The number of amides is 2. The number of aryl methyl sites for hydroxylation is 1. The molecule has 2 amide bonds. The molecule has 3 heterocycles. The lowest BCUT2D eigenvalue weighted by Gasteiger charge is -2.15. The molecule has 1 saturated heterocycles. The van der Waals surface area contributed by atoms with E-state index in [-0.39, 0.29) is 17.9 Å². The minimum absolute atomic E-state index is 0.151. The van der Waals surface area contributed by atoms with Crippen LogP contribution >= 0.6 is 0 Å². The van der Waals surface area contributed by atoms with Crippen LogP contribution in [0.5, 0.6) is 0 Å². The monoisotopic (exact) mass is 495 g/mol. The average Bonchev–Trinajstić information content (AvgIpc) is 3.40. The lowest BCUT2D eigenvalue weighted by atomic mass is 9.98. The third-order valence-electron chi connectivity index (χ3n) is 6.33. The maximum Gasteiger partial charge on any atom is 0.270 e. The molecule has 9 nitrogen and oxygen atoms in total. The number of carbonyl (C=O) groups is 2. The molecule has 1 fully saturated rings. The number of fused-ring (bicyclic) bond motifs is 1. The van der Waals surface area contributed by atoms with Crippen molar-refractivity contribution in [2.75, 3.05) is 23.7 Å². The summed E-state index contributed by atoms with van der Waals surface area (Å²) in [5, 5.41) is 13.1. The van der Waals surface area contributed by atoms with E-state index < -0.39 is 0 Å². The number of nitrogens with zero attached hydrogens (tertiary/aromatic N) is 3. The predicted octanol–water partition coefficient (Wildman–Crippen LogP) is 4.18. The summed E-state index contributed by atoms with van der Waals surface area (Å²) in [5.41, 5.74) is 4.86. The molecular formula is C28H29N7O2. The quantitative estimate of drug-likeness (QED) is 0.303. The Morgan fingerprint density at radius 1 is 1.03 bits per heavy atom. The van der Waals surface area contributed by atoms with Crippen molar-refractivity contribution in [3.05, 3.63) is 72.1 Å². The Hall–Kier alpha value is -4.37. The van der Waals surface area contributed by atoms with Crippen LogP contribution in [0.2, 0.25) is 0 Å². The fraction of sp³-hybridized carbons (Fsp3) is 0.250. The first-order valence-corrected chi connectivity index (χ1v) is 12.4. The summed E-state index contributed by atoms with van der Waals surface area (Å²) in [6.45, 7) is 5.00. The molecular weight excluding hydrogens is 466 g/mol. The van der Waals surface area contributed by atoms with E-state index in [0.29, 0.717) is 35.2 Å². The van der Waals surface area contributed by atoms with Gasteiger partial charge in [0.2, 0.25) is 11.9 Å². The zero-order valence-electron chi connectivity index (χ0n) is 20.8. The smallest absolute Gasteiger partial charge is 0.270 e. The Morgan fingerprint density at radius 2 is 1.86 bits per heavy atom. The van der Waals surface area contributed by atoms with Gasteiger partial charge in [0.15, 0.2) is 5.65 Å². The molecule has 37 heavy (non-hydrogen) atoms. The van der Waals surface area contributed by atoms with Gasteiger partial charge < -0.3 is 21.3 Å². The number of carbonyl (C=O) groups excluding carboxylic acids is 2. The molecule has 9 heteroatoms. The van der Waals surface area contributed by atoms with E-state index in [2.05, 4.69) is 31.2 Å². The van der Waals surface area contributed by atoms with Gasteiger partial charge in [-0.2, -0.15) is 4.98 Å². The number of aromatic nitrogens is 3. The zero-order valence-corrected chi connectivity index (χ0v) is 20.8. The van der Waals surface area contributed by atoms with Crippen molar-refractivity contribution in [1.29, 1.82) is 0 Å². The topological polar surface area (TPSA) is 121 Å². The fourth-order valence-corrected chi connectivity index (χ4v) is 4.51. The summed E-state index contributed by atoms with van der Waals surface area (Å²) in [6, 6.07) is 17.4. The van der Waals surface area contributed by atoms with Gasteiger partial charge in [-0.3, -0.25) is 9.59 Å². The van der Waals surface area contributed by atoms with Gasteiger partial charge in [-0.15, -0.1) is 0 Å². The molecule has 2 aromatic heterocycles. The zero-order chi connectivity index (χ0) is 25.8. The first kappa shape index (κ1) is 24.3. The highest BCUT2D eigenvalue weighted by atomic mass is 16.2. The van der Waals surface area contributed by atoms with Gasteiger partial charge in [0.05, 0.1) is 0 Å². The number of hydrogen-bond acceptors (Lipinski definition) is 7. The molecule has 0 bridgehead atoms. The van der Waals surface area contributed by atoms with E-state index >= 15 is 0 Å². The van der Waals surface area contributed by atoms with E-state index in [1.54, 1.807) is 18.3 Å². The molecule has 2 aromatic carbocycles. The van der Waals surface area contributed by atoms with E-state index in [9.17, 15) is 9.59 Å². The molecule has 4 aromatic rings. The second-order valence-electron chi connectivity index (χ2n) is 9.20. The lowest BCUT2D eigenvalue weighted by Crippen LogP contribution is -2.37. The van der Waals surface area contributed by atoms with Gasteiger partial charge >= 0.3 is 0 Å².